The lowest BCUT2D eigenvalue weighted by Crippen LogP contribution is -2.02. The summed E-state index contributed by atoms with van der Waals surface area (Å²) in [6, 6.07) is 14.6. The van der Waals surface area contributed by atoms with Crippen LogP contribution in [0, 0.1) is 0 Å². The fraction of sp³-hybridized carbons (Fsp3) is 0.100. The quantitative estimate of drug-likeness (QED) is 0.414. The lowest BCUT2D eigenvalue weighted by Gasteiger charge is -2.04. The zero-order valence-electron chi connectivity index (χ0n) is 16.2. The van der Waals surface area contributed by atoms with Crippen LogP contribution in [0.2, 0.25) is 15.5 Å². The third kappa shape index (κ3) is 10.6. The van der Waals surface area contributed by atoms with Crippen molar-refractivity contribution >= 4 is 40.6 Å². The average Bonchev–Trinajstić information content (AvgIpc) is 2.80. The predicted molar refractivity (Wildman–Crippen MR) is 123 cm³/mol. The Morgan fingerprint density at radius 2 is 1.23 bits per heavy atom. The summed E-state index contributed by atoms with van der Waals surface area (Å²) in [7, 11) is 0. The maximum Gasteiger partial charge on any atom is 0.134 e. The Bertz CT molecular complexity index is 1010. The molecule has 3 N–H and O–H groups in total. The summed E-state index contributed by atoms with van der Waals surface area (Å²) in [5.74, 6) is 0.695. The van der Waals surface area contributed by atoms with Crippen molar-refractivity contribution < 1.29 is 0 Å². The van der Waals surface area contributed by atoms with E-state index in [0.29, 0.717) is 34.4 Å². The highest BCUT2D eigenvalue weighted by Crippen LogP contribution is 2.09. The molecule has 0 atom stereocenters. The van der Waals surface area contributed by atoms with Crippen LogP contribution >= 0.6 is 34.8 Å². The highest BCUT2D eigenvalue weighted by molar-refractivity contribution is 6.33. The van der Waals surface area contributed by atoms with Crippen LogP contribution in [0.4, 0.5) is 5.82 Å². The molecule has 0 aromatic carbocycles. The van der Waals surface area contributed by atoms with Crippen LogP contribution in [-0.4, -0.2) is 29.9 Å². The van der Waals surface area contributed by atoms with E-state index in [1.807, 2.05) is 36.4 Å². The van der Waals surface area contributed by atoms with Gasteiger partial charge in [-0.2, -0.15) is 0 Å². The Morgan fingerprint density at radius 1 is 0.677 bits per heavy atom. The van der Waals surface area contributed by atoms with Gasteiger partial charge in [0.1, 0.15) is 33.9 Å². The van der Waals surface area contributed by atoms with Gasteiger partial charge in [-0.3, -0.25) is 9.97 Å². The van der Waals surface area contributed by atoms with E-state index in [0.717, 1.165) is 11.4 Å². The highest BCUT2D eigenvalue weighted by atomic mass is 35.5. The molecule has 0 aliphatic heterocycles. The maximum absolute atomic E-state index is 5.72. The molecule has 11 heteroatoms. The fourth-order valence-corrected chi connectivity index (χ4v) is 2.44. The summed E-state index contributed by atoms with van der Waals surface area (Å²) in [4.78, 5) is 23.2. The van der Waals surface area contributed by atoms with Gasteiger partial charge in [0.15, 0.2) is 0 Å². The van der Waals surface area contributed by atoms with Crippen molar-refractivity contribution in [1.82, 2.24) is 29.9 Å². The SMILES string of the molecule is Clc1cc(Cl)ncn1.Clc1cc(NCc2ccccn2)ncn1.NCc1ccccn1. The van der Waals surface area contributed by atoms with Crippen LogP contribution in [0.3, 0.4) is 0 Å². The first-order valence-corrected chi connectivity index (χ1v) is 10.0. The number of rotatable bonds is 4. The van der Waals surface area contributed by atoms with Gasteiger partial charge in [-0.05, 0) is 24.3 Å². The van der Waals surface area contributed by atoms with Crippen molar-refractivity contribution in [3.63, 3.8) is 0 Å². The van der Waals surface area contributed by atoms with Crippen molar-refractivity contribution in [3.05, 3.63) is 100 Å². The van der Waals surface area contributed by atoms with E-state index in [-0.39, 0.29) is 0 Å². The van der Waals surface area contributed by atoms with Gasteiger partial charge >= 0.3 is 0 Å². The summed E-state index contributed by atoms with van der Waals surface area (Å²) in [5, 5.41) is 4.26. The molecule has 0 aliphatic carbocycles. The summed E-state index contributed by atoms with van der Waals surface area (Å²) in [6.45, 7) is 1.15. The van der Waals surface area contributed by atoms with Gasteiger partial charge < -0.3 is 11.1 Å². The van der Waals surface area contributed by atoms with Crippen molar-refractivity contribution in [2.45, 2.75) is 13.1 Å². The summed E-state index contributed by atoms with van der Waals surface area (Å²) < 4.78 is 0. The zero-order chi connectivity index (χ0) is 22.3. The topological polar surface area (TPSA) is 115 Å². The predicted octanol–water partition coefficient (Wildman–Crippen LogP) is 4.46. The Hall–Kier alpha value is -2.91. The molecule has 160 valence electrons. The van der Waals surface area contributed by atoms with E-state index in [1.165, 1.54) is 18.7 Å². The highest BCUT2D eigenvalue weighted by Gasteiger charge is 1.96. The fourth-order valence-electron chi connectivity index (χ4n) is 1.94. The molecule has 0 radical (unpaired) electrons. The molecule has 8 nitrogen and oxygen atoms in total. The first-order valence-electron chi connectivity index (χ1n) is 8.91. The van der Waals surface area contributed by atoms with Gasteiger partial charge in [-0.25, -0.2) is 19.9 Å². The number of hydrogen-bond donors (Lipinski definition) is 2. The number of nitrogens with one attached hydrogen (secondary N) is 1. The maximum atomic E-state index is 5.72. The molecule has 4 aromatic rings. The minimum Gasteiger partial charge on any atom is -0.364 e. The first-order chi connectivity index (χ1) is 15.1. The molecule has 0 fully saturated rings. The standard InChI is InChI=1S/C10H9ClN4.C6H8N2.C4H2Cl2N2/c11-9-5-10(15-7-14-9)13-6-8-3-1-2-4-12-8;7-5-6-3-1-2-4-8-6;5-3-1-4(6)8-2-7-3/h1-5,7H,6H2,(H,13,14,15);1-4H,5,7H2;1-2H. The van der Waals surface area contributed by atoms with E-state index in [9.17, 15) is 0 Å². The molecule has 31 heavy (non-hydrogen) atoms. The summed E-state index contributed by atoms with van der Waals surface area (Å²) in [6.07, 6.45) is 6.22. The molecule has 4 aromatic heterocycles. The molecule has 4 heterocycles. The second kappa shape index (κ2) is 14.2. The van der Waals surface area contributed by atoms with Crippen LogP contribution in [-0.2, 0) is 13.1 Å². The first kappa shape index (κ1) is 24.4. The Morgan fingerprint density at radius 3 is 1.65 bits per heavy atom. The number of pyridine rings is 2. The average molecular weight is 478 g/mol. The molecule has 4 rings (SSSR count). The molecule has 0 unspecified atom stereocenters. The molecule has 0 saturated heterocycles. The van der Waals surface area contributed by atoms with Gasteiger partial charge in [0, 0.05) is 31.1 Å². The molecular formula is C20H19Cl3N8. The lowest BCUT2D eigenvalue weighted by molar-refractivity contribution is 0.991. The van der Waals surface area contributed by atoms with Crippen molar-refractivity contribution in [2.24, 2.45) is 5.73 Å². The van der Waals surface area contributed by atoms with Crippen LogP contribution in [0.1, 0.15) is 11.4 Å². The summed E-state index contributed by atoms with van der Waals surface area (Å²) in [5.41, 5.74) is 7.18. The van der Waals surface area contributed by atoms with E-state index in [4.69, 9.17) is 40.5 Å². The largest absolute Gasteiger partial charge is 0.364 e. The van der Waals surface area contributed by atoms with E-state index in [1.54, 1.807) is 18.5 Å². The number of hydrogen-bond acceptors (Lipinski definition) is 8. The number of anilines is 1. The Labute approximate surface area is 194 Å². The monoisotopic (exact) mass is 476 g/mol. The van der Waals surface area contributed by atoms with E-state index in [2.05, 4.69) is 35.2 Å². The van der Waals surface area contributed by atoms with Crippen LogP contribution < -0.4 is 11.1 Å². The Balaban J connectivity index is 0.000000181. The second-order valence-electron chi connectivity index (χ2n) is 5.59. The molecule has 0 bridgehead atoms. The van der Waals surface area contributed by atoms with Crippen molar-refractivity contribution in [2.75, 3.05) is 5.32 Å². The molecule has 0 aliphatic rings. The smallest absolute Gasteiger partial charge is 0.134 e. The molecule has 0 amide bonds. The summed E-state index contributed by atoms with van der Waals surface area (Å²) >= 11 is 16.5. The van der Waals surface area contributed by atoms with Gasteiger partial charge in [0.05, 0.1) is 17.9 Å². The second-order valence-corrected chi connectivity index (χ2v) is 6.75. The van der Waals surface area contributed by atoms with Crippen LogP contribution in [0.15, 0.2) is 73.6 Å². The molecule has 0 spiro atoms. The van der Waals surface area contributed by atoms with Gasteiger partial charge in [0.2, 0.25) is 0 Å². The zero-order valence-corrected chi connectivity index (χ0v) is 18.5. The van der Waals surface area contributed by atoms with Gasteiger partial charge in [0.25, 0.3) is 0 Å². The number of aromatic nitrogens is 6. The van der Waals surface area contributed by atoms with E-state index < -0.39 is 0 Å². The third-order valence-corrected chi connectivity index (χ3v) is 3.97. The van der Waals surface area contributed by atoms with Crippen molar-refractivity contribution in [3.8, 4) is 0 Å². The van der Waals surface area contributed by atoms with Gasteiger partial charge in [-0.1, -0.05) is 46.9 Å². The minimum absolute atomic E-state index is 0.366. The van der Waals surface area contributed by atoms with Crippen LogP contribution in [0.25, 0.3) is 0 Å². The van der Waals surface area contributed by atoms with Crippen molar-refractivity contribution in [1.29, 1.82) is 0 Å². The van der Waals surface area contributed by atoms with Crippen LogP contribution in [0.5, 0.6) is 0 Å². The Kier molecular flexibility index (Phi) is 11.1. The minimum atomic E-state index is 0.366. The molecular weight excluding hydrogens is 459 g/mol. The molecule has 0 saturated carbocycles. The van der Waals surface area contributed by atoms with Gasteiger partial charge in [-0.15, -0.1) is 0 Å². The lowest BCUT2D eigenvalue weighted by atomic mass is 10.3. The third-order valence-electron chi connectivity index (χ3n) is 3.35. The number of nitrogens with zero attached hydrogens (tertiary/aromatic N) is 6. The van der Waals surface area contributed by atoms with E-state index >= 15 is 0 Å². The normalized spacial score (nSPS) is 9.55. The number of halogens is 3. The number of nitrogens with two attached hydrogens (primary N) is 1.